The molecule has 1 unspecified atom stereocenters. The molecule has 2 rings (SSSR count). The van der Waals surface area contributed by atoms with Crippen molar-refractivity contribution in [3.05, 3.63) is 0 Å². The number of nitriles is 1. The van der Waals surface area contributed by atoms with Crippen LogP contribution in [0.4, 0.5) is 0 Å². The molecule has 22 heavy (non-hydrogen) atoms. The molecule has 1 atom stereocenters. The van der Waals surface area contributed by atoms with E-state index in [-0.39, 0.29) is 0 Å². The summed E-state index contributed by atoms with van der Waals surface area (Å²) >= 11 is 0. The Bertz CT molecular complexity index is 326. The molecule has 0 aliphatic heterocycles. The van der Waals surface area contributed by atoms with Crippen molar-refractivity contribution in [1.82, 2.24) is 0 Å². The summed E-state index contributed by atoms with van der Waals surface area (Å²) in [5, 5.41) is 9.66. The van der Waals surface area contributed by atoms with Gasteiger partial charge in [0, 0.05) is 5.92 Å². The van der Waals surface area contributed by atoms with Crippen LogP contribution in [-0.2, 0) is 0 Å². The second-order valence-electron chi connectivity index (χ2n) is 8.22. The van der Waals surface area contributed by atoms with Crippen molar-refractivity contribution < 1.29 is 0 Å². The Balaban J connectivity index is 1.73. The molecule has 0 aromatic heterocycles. The van der Waals surface area contributed by atoms with Gasteiger partial charge >= 0.3 is 0 Å². The number of hydrogen-bond donors (Lipinski definition) is 0. The Hall–Kier alpha value is -0.510. The van der Waals surface area contributed by atoms with E-state index in [2.05, 4.69) is 19.9 Å². The van der Waals surface area contributed by atoms with Gasteiger partial charge in [-0.05, 0) is 42.9 Å². The standard InChI is InChI=1S/C21H37N/c1-3-5-17-7-9-19(10-8-17)15-21(16-22)20-13-11-18(6-4-2)12-14-20/h17-21H,3-15H2,1-2H3/t17-,18-,19-,20-,21?. The molecule has 0 amide bonds. The molecule has 0 aromatic carbocycles. The van der Waals surface area contributed by atoms with Gasteiger partial charge < -0.3 is 0 Å². The van der Waals surface area contributed by atoms with Crippen molar-refractivity contribution in [2.24, 2.45) is 29.6 Å². The van der Waals surface area contributed by atoms with E-state index in [0.29, 0.717) is 11.8 Å². The number of nitrogens with zero attached hydrogens (tertiary/aromatic N) is 1. The van der Waals surface area contributed by atoms with E-state index >= 15 is 0 Å². The molecule has 0 heterocycles. The van der Waals surface area contributed by atoms with Gasteiger partial charge in [0.05, 0.1) is 6.07 Å². The lowest BCUT2D eigenvalue weighted by Crippen LogP contribution is -2.24. The zero-order chi connectivity index (χ0) is 15.8. The van der Waals surface area contributed by atoms with E-state index in [9.17, 15) is 5.26 Å². The molecule has 0 bridgehead atoms. The molecule has 1 heteroatoms. The zero-order valence-corrected chi connectivity index (χ0v) is 15.0. The predicted octanol–water partition coefficient (Wildman–Crippen LogP) is 6.73. The van der Waals surface area contributed by atoms with Crippen LogP contribution < -0.4 is 0 Å². The lowest BCUT2D eigenvalue weighted by atomic mass is 9.70. The lowest BCUT2D eigenvalue weighted by molar-refractivity contribution is 0.178. The molecule has 2 fully saturated rings. The Labute approximate surface area is 138 Å². The van der Waals surface area contributed by atoms with E-state index in [0.717, 1.165) is 17.8 Å². The van der Waals surface area contributed by atoms with Crippen LogP contribution in [0.5, 0.6) is 0 Å². The molecule has 2 saturated carbocycles. The second-order valence-corrected chi connectivity index (χ2v) is 8.22. The van der Waals surface area contributed by atoms with Crippen LogP contribution in [0, 0.1) is 40.9 Å². The minimum Gasteiger partial charge on any atom is -0.198 e. The first kappa shape index (κ1) is 17.8. The van der Waals surface area contributed by atoms with Crippen LogP contribution in [-0.4, -0.2) is 0 Å². The topological polar surface area (TPSA) is 23.8 Å². The Morgan fingerprint density at radius 3 is 1.68 bits per heavy atom. The fraction of sp³-hybridized carbons (Fsp3) is 0.952. The Morgan fingerprint density at radius 1 is 0.773 bits per heavy atom. The fourth-order valence-electron chi connectivity index (χ4n) is 5.16. The van der Waals surface area contributed by atoms with Gasteiger partial charge in [-0.2, -0.15) is 5.26 Å². The second kappa shape index (κ2) is 9.59. The van der Waals surface area contributed by atoms with Crippen LogP contribution in [0.2, 0.25) is 0 Å². The summed E-state index contributed by atoms with van der Waals surface area (Å²) in [6.45, 7) is 4.62. The van der Waals surface area contributed by atoms with Gasteiger partial charge in [0.15, 0.2) is 0 Å². The molecule has 2 aliphatic carbocycles. The van der Waals surface area contributed by atoms with Crippen LogP contribution in [0.1, 0.15) is 97.3 Å². The van der Waals surface area contributed by atoms with Gasteiger partial charge in [0.2, 0.25) is 0 Å². The maximum atomic E-state index is 9.66. The van der Waals surface area contributed by atoms with E-state index in [4.69, 9.17) is 0 Å². The largest absolute Gasteiger partial charge is 0.198 e. The molecule has 1 nitrogen and oxygen atoms in total. The average molecular weight is 304 g/mol. The molecule has 0 N–H and O–H groups in total. The van der Waals surface area contributed by atoms with Crippen molar-refractivity contribution in [3.63, 3.8) is 0 Å². The average Bonchev–Trinajstić information content (AvgIpc) is 2.56. The molecule has 0 radical (unpaired) electrons. The summed E-state index contributed by atoms with van der Waals surface area (Å²) in [5.41, 5.74) is 0. The maximum Gasteiger partial charge on any atom is 0.0658 e. The Morgan fingerprint density at radius 2 is 1.23 bits per heavy atom. The van der Waals surface area contributed by atoms with E-state index in [1.807, 2.05) is 0 Å². The number of rotatable bonds is 7. The third-order valence-electron chi connectivity index (χ3n) is 6.57. The van der Waals surface area contributed by atoms with Gasteiger partial charge in [-0.1, -0.05) is 78.1 Å². The first-order valence-electron chi connectivity index (χ1n) is 10.2. The van der Waals surface area contributed by atoms with Gasteiger partial charge in [0.1, 0.15) is 0 Å². The zero-order valence-electron chi connectivity index (χ0n) is 15.0. The quantitative estimate of drug-likeness (QED) is 0.511. The first-order chi connectivity index (χ1) is 10.8. The molecule has 0 spiro atoms. The van der Waals surface area contributed by atoms with Crippen molar-refractivity contribution in [1.29, 1.82) is 5.26 Å². The number of hydrogen-bond acceptors (Lipinski definition) is 1. The summed E-state index contributed by atoms with van der Waals surface area (Å²) in [6, 6.07) is 2.70. The highest BCUT2D eigenvalue weighted by Crippen LogP contribution is 2.40. The molecule has 0 aromatic rings. The van der Waals surface area contributed by atoms with Crippen LogP contribution in [0.3, 0.4) is 0 Å². The van der Waals surface area contributed by atoms with E-state index < -0.39 is 0 Å². The third-order valence-corrected chi connectivity index (χ3v) is 6.57. The highest BCUT2D eigenvalue weighted by Gasteiger charge is 2.30. The van der Waals surface area contributed by atoms with E-state index in [1.54, 1.807) is 0 Å². The first-order valence-corrected chi connectivity index (χ1v) is 10.2. The van der Waals surface area contributed by atoms with Gasteiger partial charge in [-0.25, -0.2) is 0 Å². The van der Waals surface area contributed by atoms with Crippen molar-refractivity contribution in [2.75, 3.05) is 0 Å². The predicted molar refractivity (Wildman–Crippen MR) is 94.4 cm³/mol. The van der Waals surface area contributed by atoms with Gasteiger partial charge in [0.25, 0.3) is 0 Å². The van der Waals surface area contributed by atoms with Crippen LogP contribution >= 0.6 is 0 Å². The van der Waals surface area contributed by atoms with Crippen molar-refractivity contribution in [2.45, 2.75) is 97.3 Å². The minimum absolute atomic E-state index is 0.357. The van der Waals surface area contributed by atoms with Crippen LogP contribution in [0.15, 0.2) is 0 Å². The lowest BCUT2D eigenvalue weighted by Gasteiger charge is -2.34. The fourth-order valence-corrected chi connectivity index (χ4v) is 5.16. The summed E-state index contributed by atoms with van der Waals surface area (Å²) in [4.78, 5) is 0. The van der Waals surface area contributed by atoms with Crippen molar-refractivity contribution in [3.8, 4) is 6.07 Å². The molecular formula is C21H37N. The maximum absolute atomic E-state index is 9.66. The molecule has 2 aliphatic rings. The van der Waals surface area contributed by atoms with Gasteiger partial charge in [-0.15, -0.1) is 0 Å². The van der Waals surface area contributed by atoms with Crippen LogP contribution in [0.25, 0.3) is 0 Å². The normalized spacial score (nSPS) is 34.0. The van der Waals surface area contributed by atoms with E-state index in [1.165, 1.54) is 83.5 Å². The molecule has 126 valence electrons. The SMILES string of the molecule is CCC[C@H]1CC[C@H](CC(C#N)[C@H]2CC[C@H](CCC)CC2)CC1. The Kier molecular flexibility index (Phi) is 7.77. The summed E-state index contributed by atoms with van der Waals surface area (Å²) < 4.78 is 0. The summed E-state index contributed by atoms with van der Waals surface area (Å²) in [5.74, 6) is 3.88. The summed E-state index contributed by atoms with van der Waals surface area (Å²) in [6.07, 6.45) is 17.8. The van der Waals surface area contributed by atoms with Crippen molar-refractivity contribution >= 4 is 0 Å². The molecule has 0 saturated heterocycles. The monoisotopic (exact) mass is 303 g/mol. The highest BCUT2D eigenvalue weighted by molar-refractivity contribution is 4.92. The minimum atomic E-state index is 0.357. The van der Waals surface area contributed by atoms with Gasteiger partial charge in [-0.3, -0.25) is 0 Å². The third kappa shape index (κ3) is 5.29. The highest BCUT2D eigenvalue weighted by atomic mass is 14.4. The summed E-state index contributed by atoms with van der Waals surface area (Å²) in [7, 11) is 0. The molecular weight excluding hydrogens is 266 g/mol. The smallest absolute Gasteiger partial charge is 0.0658 e.